The normalized spacial score (nSPS) is 17.9. The van der Waals surface area contributed by atoms with Crippen molar-refractivity contribution in [3.63, 3.8) is 0 Å². The summed E-state index contributed by atoms with van der Waals surface area (Å²) in [5.41, 5.74) is -0.707. The minimum absolute atomic E-state index is 0.0282. The molecule has 37 heavy (non-hydrogen) atoms. The lowest BCUT2D eigenvalue weighted by Gasteiger charge is -2.39. The van der Waals surface area contributed by atoms with Crippen molar-refractivity contribution in [1.82, 2.24) is 14.2 Å². The zero-order valence-corrected chi connectivity index (χ0v) is 26.0. The maximum Gasteiger partial charge on any atom is 0.404 e. The van der Waals surface area contributed by atoms with E-state index in [1.165, 1.54) is 15.1 Å². The number of rotatable bonds is 8. The van der Waals surface area contributed by atoms with Crippen LogP contribution in [0.25, 0.3) is 10.8 Å². The van der Waals surface area contributed by atoms with Gasteiger partial charge in [0.25, 0.3) is 5.56 Å². The van der Waals surface area contributed by atoms with Crippen molar-refractivity contribution in [2.24, 2.45) is 5.41 Å². The van der Waals surface area contributed by atoms with E-state index in [0.29, 0.717) is 28.3 Å². The smallest absolute Gasteiger partial charge is 0.404 e. The van der Waals surface area contributed by atoms with Gasteiger partial charge in [-0.2, -0.15) is 4.31 Å². The molecule has 0 radical (unpaired) electrons. The molecule has 1 aromatic carbocycles. The van der Waals surface area contributed by atoms with Crippen LogP contribution < -0.4 is 10.9 Å². The topological polar surface area (TPSA) is 118 Å². The summed E-state index contributed by atoms with van der Waals surface area (Å²) in [6, 6.07) is 4.51. The molecule has 1 fully saturated rings. The second kappa shape index (κ2) is 10.4. The van der Waals surface area contributed by atoms with Crippen molar-refractivity contribution in [2.45, 2.75) is 76.7 Å². The molecule has 1 aromatic heterocycles. The number of amides is 1. The molecule has 1 amide bonds. The standard InChI is InChI=1S/C25H38BrN3O6SSi/c1-24(2,3)37(6,7)35-16-25(4,5)15-28-14-21(20-12-17(26)8-9-19(20)22(28)30)36(33,34)29-11-10-18(13-29)27-23(31)32/h8-9,12,14,18,27H,10-11,13,15-16H2,1-7H3,(H,31,32)/t18-/m1/s1. The molecule has 0 unspecified atom stereocenters. The first-order chi connectivity index (χ1) is 16.8. The van der Waals surface area contributed by atoms with E-state index in [-0.39, 0.29) is 35.1 Å². The Morgan fingerprint density at radius 3 is 2.46 bits per heavy atom. The predicted molar refractivity (Wildman–Crippen MR) is 151 cm³/mol. The Labute approximate surface area is 228 Å². The molecule has 2 N–H and O–H groups in total. The lowest BCUT2D eigenvalue weighted by molar-refractivity contribution is 0.145. The van der Waals surface area contributed by atoms with E-state index >= 15 is 0 Å². The van der Waals surface area contributed by atoms with E-state index in [9.17, 15) is 18.0 Å². The van der Waals surface area contributed by atoms with Crippen molar-refractivity contribution in [3.05, 3.63) is 39.2 Å². The molecule has 2 aromatic rings. The third kappa shape index (κ3) is 6.65. The number of aromatic nitrogens is 1. The van der Waals surface area contributed by atoms with Crippen molar-refractivity contribution >= 4 is 51.1 Å². The molecule has 0 aliphatic carbocycles. The SMILES string of the molecule is CC(C)(CO[Si](C)(C)C(C)(C)C)Cn1cc(S(=O)(=O)N2CC[C@@H](NC(=O)O)C2)c2cc(Br)ccc2c1=O. The quantitative estimate of drug-likeness (QED) is 0.410. The highest BCUT2D eigenvalue weighted by Crippen LogP contribution is 2.38. The van der Waals surface area contributed by atoms with Gasteiger partial charge >= 0.3 is 6.09 Å². The van der Waals surface area contributed by atoms with Crippen molar-refractivity contribution < 1.29 is 22.7 Å². The van der Waals surface area contributed by atoms with Crippen LogP contribution in [0.15, 0.2) is 38.6 Å². The number of benzene rings is 1. The van der Waals surface area contributed by atoms with Crippen LogP contribution in [-0.2, 0) is 21.0 Å². The number of pyridine rings is 1. The molecular formula is C25H38BrN3O6SSi. The molecule has 1 atom stereocenters. The second-order valence-electron chi connectivity index (χ2n) is 12.1. The fourth-order valence-electron chi connectivity index (χ4n) is 4.13. The number of sulfonamides is 1. The Bertz CT molecular complexity index is 1350. The molecule has 0 bridgehead atoms. The maximum atomic E-state index is 13.8. The summed E-state index contributed by atoms with van der Waals surface area (Å²) in [5.74, 6) is 0. The Kier molecular flexibility index (Phi) is 8.41. The van der Waals surface area contributed by atoms with Gasteiger partial charge in [-0.3, -0.25) is 4.79 Å². The lowest BCUT2D eigenvalue weighted by Crippen LogP contribution is -2.44. The van der Waals surface area contributed by atoms with Gasteiger partial charge in [0.1, 0.15) is 4.90 Å². The first kappa shape index (κ1) is 29.8. The summed E-state index contributed by atoms with van der Waals surface area (Å²) < 4.78 is 37.4. The molecule has 0 saturated carbocycles. The van der Waals surface area contributed by atoms with Gasteiger partial charge in [-0.15, -0.1) is 0 Å². The molecule has 1 aliphatic heterocycles. The molecule has 1 aliphatic rings. The largest absolute Gasteiger partial charge is 0.465 e. The number of carboxylic acid groups (broad SMARTS) is 1. The van der Waals surface area contributed by atoms with Gasteiger partial charge in [0, 0.05) is 59.1 Å². The van der Waals surface area contributed by atoms with Crippen LogP contribution in [0.5, 0.6) is 0 Å². The third-order valence-corrected chi connectivity index (χ3v) is 14.2. The molecule has 2 heterocycles. The van der Waals surface area contributed by atoms with Crippen LogP contribution in [0.1, 0.15) is 41.0 Å². The summed E-state index contributed by atoms with van der Waals surface area (Å²) >= 11 is 3.40. The molecule has 3 rings (SSSR count). The summed E-state index contributed by atoms with van der Waals surface area (Å²) in [5, 5.41) is 12.1. The van der Waals surface area contributed by atoms with Gasteiger partial charge in [-0.1, -0.05) is 50.5 Å². The predicted octanol–water partition coefficient (Wildman–Crippen LogP) is 4.84. The third-order valence-electron chi connectivity index (χ3n) is 7.34. The Morgan fingerprint density at radius 1 is 1.22 bits per heavy atom. The summed E-state index contributed by atoms with van der Waals surface area (Å²) in [7, 11) is -6.02. The number of nitrogens with zero attached hydrogens (tertiary/aromatic N) is 2. The highest BCUT2D eigenvalue weighted by molar-refractivity contribution is 9.10. The molecule has 1 saturated heterocycles. The molecule has 9 nitrogen and oxygen atoms in total. The monoisotopic (exact) mass is 615 g/mol. The summed E-state index contributed by atoms with van der Waals surface area (Å²) in [6.45, 7) is 15.8. The fourth-order valence-corrected chi connectivity index (χ4v) is 7.38. The number of hydrogen-bond donors (Lipinski definition) is 2. The van der Waals surface area contributed by atoms with Crippen molar-refractivity contribution in [2.75, 3.05) is 19.7 Å². The van der Waals surface area contributed by atoms with Gasteiger partial charge in [-0.25, -0.2) is 13.2 Å². The number of carbonyl (C=O) groups is 1. The van der Waals surface area contributed by atoms with E-state index in [0.717, 1.165) is 0 Å². The average molecular weight is 617 g/mol. The zero-order chi connectivity index (χ0) is 28.0. The van der Waals surface area contributed by atoms with Crippen LogP contribution >= 0.6 is 15.9 Å². The van der Waals surface area contributed by atoms with Crippen LogP contribution in [0.2, 0.25) is 18.1 Å². The van der Waals surface area contributed by atoms with Gasteiger partial charge < -0.3 is 19.4 Å². The first-order valence-corrected chi connectivity index (χ1v) is 17.4. The minimum atomic E-state index is -4.01. The van der Waals surface area contributed by atoms with Crippen LogP contribution in [0, 0.1) is 5.41 Å². The highest BCUT2D eigenvalue weighted by atomic mass is 79.9. The van der Waals surface area contributed by atoms with E-state index in [2.05, 4.69) is 55.1 Å². The van der Waals surface area contributed by atoms with Crippen molar-refractivity contribution in [3.8, 4) is 0 Å². The fraction of sp³-hybridized carbons (Fsp3) is 0.600. The highest BCUT2D eigenvalue weighted by Gasteiger charge is 2.39. The van der Waals surface area contributed by atoms with Crippen molar-refractivity contribution in [1.29, 1.82) is 0 Å². The first-order valence-electron chi connectivity index (χ1n) is 12.3. The summed E-state index contributed by atoms with van der Waals surface area (Å²) in [4.78, 5) is 24.6. The van der Waals surface area contributed by atoms with E-state index in [1.807, 2.05) is 13.8 Å². The van der Waals surface area contributed by atoms with E-state index < -0.39 is 35.9 Å². The number of fused-ring (bicyclic) bond motifs is 1. The van der Waals surface area contributed by atoms with E-state index in [4.69, 9.17) is 9.53 Å². The molecule has 0 spiro atoms. The minimum Gasteiger partial charge on any atom is -0.465 e. The molecular weight excluding hydrogens is 578 g/mol. The Morgan fingerprint density at radius 2 is 1.86 bits per heavy atom. The summed E-state index contributed by atoms with van der Waals surface area (Å²) in [6.07, 6.45) is 0.623. The van der Waals surface area contributed by atoms with Gasteiger partial charge in [0.15, 0.2) is 8.32 Å². The number of hydrogen-bond acceptors (Lipinski definition) is 5. The molecule has 206 valence electrons. The van der Waals surface area contributed by atoms with Crippen LogP contribution in [0.3, 0.4) is 0 Å². The average Bonchev–Trinajstić information content (AvgIpc) is 3.22. The second-order valence-corrected chi connectivity index (χ2v) is 19.8. The maximum absolute atomic E-state index is 13.8. The lowest BCUT2D eigenvalue weighted by atomic mass is 9.94. The molecule has 12 heteroatoms. The number of halogens is 1. The van der Waals surface area contributed by atoms with Gasteiger partial charge in [0.2, 0.25) is 10.0 Å². The number of nitrogens with one attached hydrogen (secondary N) is 1. The van der Waals surface area contributed by atoms with Crippen LogP contribution in [-0.4, -0.2) is 62.5 Å². The van der Waals surface area contributed by atoms with Gasteiger partial charge in [-0.05, 0) is 42.8 Å². The van der Waals surface area contributed by atoms with E-state index in [1.54, 1.807) is 18.2 Å². The van der Waals surface area contributed by atoms with Gasteiger partial charge in [0.05, 0.1) is 0 Å². The zero-order valence-electron chi connectivity index (χ0n) is 22.6. The Hall–Kier alpha value is -1.73. The van der Waals surface area contributed by atoms with Crippen LogP contribution in [0.4, 0.5) is 4.79 Å². The Balaban J connectivity index is 2.02.